The maximum Gasteiger partial charge on any atom is 0.432 e. The SMILES string of the molecule is O=Cc1ccc(Cl)cc1F.OBO. The third-order valence-corrected chi connectivity index (χ3v) is 1.32. The van der Waals surface area contributed by atoms with Crippen LogP contribution in [0.15, 0.2) is 18.2 Å². The molecule has 0 unspecified atom stereocenters. The summed E-state index contributed by atoms with van der Waals surface area (Å²) in [5.41, 5.74) is 0.0319. The number of carbonyl (C=O) groups is 1. The summed E-state index contributed by atoms with van der Waals surface area (Å²) in [6.07, 6.45) is 0.450. The van der Waals surface area contributed by atoms with Crippen LogP contribution in [0.5, 0.6) is 0 Å². The highest BCUT2D eigenvalue weighted by atomic mass is 35.5. The van der Waals surface area contributed by atoms with Crippen molar-refractivity contribution < 1.29 is 19.2 Å². The van der Waals surface area contributed by atoms with E-state index in [1.54, 1.807) is 0 Å². The van der Waals surface area contributed by atoms with Gasteiger partial charge in [-0.1, -0.05) is 11.6 Å². The molecule has 0 atom stereocenters. The van der Waals surface area contributed by atoms with Crippen LogP contribution in [0, 0.1) is 5.82 Å². The van der Waals surface area contributed by atoms with Crippen molar-refractivity contribution in [3.63, 3.8) is 0 Å². The van der Waals surface area contributed by atoms with Crippen molar-refractivity contribution in [3.05, 3.63) is 34.6 Å². The van der Waals surface area contributed by atoms with Crippen LogP contribution < -0.4 is 0 Å². The van der Waals surface area contributed by atoms with Gasteiger partial charge in [0.2, 0.25) is 0 Å². The molecule has 0 heterocycles. The van der Waals surface area contributed by atoms with Crippen molar-refractivity contribution in [3.8, 4) is 0 Å². The lowest BCUT2D eigenvalue weighted by molar-refractivity contribution is 0.112. The molecule has 1 rings (SSSR count). The maximum atomic E-state index is 12.5. The minimum Gasteiger partial charge on any atom is -0.430 e. The lowest BCUT2D eigenvalue weighted by atomic mass is 10.2. The fourth-order valence-corrected chi connectivity index (χ4v) is 0.756. The number of hydrogen-bond donors (Lipinski definition) is 2. The van der Waals surface area contributed by atoms with E-state index in [0.29, 0.717) is 11.3 Å². The van der Waals surface area contributed by atoms with Gasteiger partial charge in [-0.15, -0.1) is 0 Å². The number of carbonyl (C=O) groups excluding carboxylic acids is 1. The van der Waals surface area contributed by atoms with Crippen molar-refractivity contribution in [1.82, 2.24) is 0 Å². The predicted molar refractivity (Wildman–Crippen MR) is 48.4 cm³/mol. The van der Waals surface area contributed by atoms with Gasteiger partial charge in [0.25, 0.3) is 0 Å². The number of halogens is 2. The van der Waals surface area contributed by atoms with Crippen LogP contribution in [0.3, 0.4) is 0 Å². The van der Waals surface area contributed by atoms with Gasteiger partial charge in [-0.25, -0.2) is 4.39 Å². The molecule has 0 fully saturated rings. The van der Waals surface area contributed by atoms with Gasteiger partial charge in [0.15, 0.2) is 6.29 Å². The van der Waals surface area contributed by atoms with Crippen molar-refractivity contribution in [2.75, 3.05) is 0 Å². The minimum atomic E-state index is -0.750. The number of rotatable bonds is 1. The Kier molecular flexibility index (Phi) is 6.13. The molecule has 0 spiro atoms. The summed E-state index contributed by atoms with van der Waals surface area (Å²) >= 11 is 5.42. The lowest BCUT2D eigenvalue weighted by Crippen LogP contribution is -1.85. The van der Waals surface area contributed by atoms with Gasteiger partial charge in [0.1, 0.15) is 5.82 Å². The van der Waals surface area contributed by atoms with E-state index in [4.69, 9.17) is 21.6 Å². The first-order valence-electron chi connectivity index (χ1n) is 3.27. The fourth-order valence-electron chi connectivity index (χ4n) is 0.597. The Bertz CT molecular complexity index is 282. The monoisotopic (exact) mass is 204 g/mol. The topological polar surface area (TPSA) is 57.5 Å². The zero-order valence-corrected chi connectivity index (χ0v) is 7.33. The summed E-state index contributed by atoms with van der Waals surface area (Å²) in [5.74, 6) is -0.581. The van der Waals surface area contributed by atoms with E-state index in [-0.39, 0.29) is 5.56 Å². The quantitative estimate of drug-likeness (QED) is 0.518. The largest absolute Gasteiger partial charge is 0.432 e. The van der Waals surface area contributed by atoms with E-state index >= 15 is 0 Å². The van der Waals surface area contributed by atoms with Crippen LogP contribution in [-0.4, -0.2) is 24.0 Å². The molecule has 0 aliphatic heterocycles. The highest BCUT2D eigenvalue weighted by Gasteiger charge is 1.99. The average molecular weight is 204 g/mol. The second-order valence-corrected chi connectivity index (χ2v) is 2.36. The van der Waals surface area contributed by atoms with Crippen molar-refractivity contribution in [2.24, 2.45) is 0 Å². The maximum absolute atomic E-state index is 12.5. The van der Waals surface area contributed by atoms with E-state index in [1.807, 2.05) is 0 Å². The molecule has 0 amide bonds. The predicted octanol–water partition coefficient (Wildman–Crippen LogP) is 0.529. The van der Waals surface area contributed by atoms with Gasteiger partial charge in [-0.3, -0.25) is 4.79 Å². The summed E-state index contributed by atoms with van der Waals surface area (Å²) in [6, 6.07) is 3.91. The van der Waals surface area contributed by atoms with Gasteiger partial charge in [0, 0.05) is 5.02 Å². The number of hydrogen-bond acceptors (Lipinski definition) is 3. The first-order valence-corrected chi connectivity index (χ1v) is 3.65. The molecule has 0 saturated carbocycles. The molecule has 1 aromatic rings. The van der Waals surface area contributed by atoms with Crippen molar-refractivity contribution in [1.29, 1.82) is 0 Å². The molecule has 0 saturated heterocycles. The van der Waals surface area contributed by atoms with Crippen LogP contribution in [0.2, 0.25) is 5.02 Å². The lowest BCUT2D eigenvalue weighted by Gasteiger charge is -1.92. The third-order valence-electron chi connectivity index (χ3n) is 1.09. The Morgan fingerprint density at radius 1 is 1.46 bits per heavy atom. The summed E-state index contributed by atoms with van der Waals surface area (Å²) in [5, 5.41) is 14.5. The molecular formula is C7H7BClFO3. The summed E-state index contributed by atoms with van der Waals surface area (Å²) in [4.78, 5) is 10.1. The molecule has 0 aliphatic carbocycles. The molecule has 0 bridgehead atoms. The Morgan fingerprint density at radius 3 is 2.38 bits per heavy atom. The summed E-state index contributed by atoms with van der Waals surface area (Å²) < 4.78 is 12.5. The van der Waals surface area contributed by atoms with Crippen LogP contribution >= 0.6 is 11.6 Å². The summed E-state index contributed by atoms with van der Waals surface area (Å²) in [7, 11) is -0.750. The molecule has 13 heavy (non-hydrogen) atoms. The molecule has 0 aromatic heterocycles. The van der Waals surface area contributed by atoms with E-state index in [2.05, 4.69) is 0 Å². The highest BCUT2D eigenvalue weighted by Crippen LogP contribution is 2.12. The van der Waals surface area contributed by atoms with Gasteiger partial charge in [-0.05, 0) is 18.2 Å². The first-order chi connectivity index (χ1) is 6.15. The van der Waals surface area contributed by atoms with Crippen LogP contribution in [0.1, 0.15) is 10.4 Å². The fraction of sp³-hybridized carbons (Fsp3) is 0. The van der Waals surface area contributed by atoms with E-state index in [1.165, 1.54) is 12.1 Å². The zero-order valence-electron chi connectivity index (χ0n) is 6.58. The Balaban J connectivity index is 0.000000424. The van der Waals surface area contributed by atoms with E-state index in [9.17, 15) is 9.18 Å². The number of benzene rings is 1. The molecule has 3 nitrogen and oxygen atoms in total. The van der Waals surface area contributed by atoms with Crippen LogP contribution in [0.25, 0.3) is 0 Å². The molecule has 0 radical (unpaired) electrons. The first kappa shape index (κ1) is 12.1. The van der Waals surface area contributed by atoms with Crippen LogP contribution in [-0.2, 0) is 0 Å². The van der Waals surface area contributed by atoms with Gasteiger partial charge in [-0.2, -0.15) is 0 Å². The van der Waals surface area contributed by atoms with Gasteiger partial charge >= 0.3 is 7.69 Å². The average Bonchev–Trinajstić information content (AvgIpc) is 2.06. The van der Waals surface area contributed by atoms with Crippen LogP contribution in [0.4, 0.5) is 4.39 Å². The smallest absolute Gasteiger partial charge is 0.430 e. The Hall–Kier alpha value is -0.905. The number of aldehydes is 1. The molecule has 6 heteroatoms. The second kappa shape index (κ2) is 6.59. The van der Waals surface area contributed by atoms with Crippen molar-refractivity contribution >= 4 is 25.6 Å². The minimum absolute atomic E-state index is 0.0319. The summed E-state index contributed by atoms with van der Waals surface area (Å²) in [6.45, 7) is 0. The molecule has 1 aromatic carbocycles. The van der Waals surface area contributed by atoms with Crippen molar-refractivity contribution in [2.45, 2.75) is 0 Å². The molecule has 70 valence electrons. The molecular weight excluding hydrogens is 197 g/mol. The zero-order chi connectivity index (χ0) is 10.3. The molecule has 0 aliphatic rings. The second-order valence-electron chi connectivity index (χ2n) is 1.93. The standard InChI is InChI=1S/C7H4ClFO.BH3O2/c8-6-2-1-5(4-10)7(9)3-6;2-1-3/h1-4H;1-3H. The Morgan fingerprint density at radius 2 is 2.00 bits per heavy atom. The van der Waals surface area contributed by atoms with Gasteiger partial charge < -0.3 is 10.0 Å². The normalized spacial score (nSPS) is 8.31. The van der Waals surface area contributed by atoms with Gasteiger partial charge in [0.05, 0.1) is 5.56 Å². The highest BCUT2D eigenvalue weighted by molar-refractivity contribution is 6.30. The van der Waals surface area contributed by atoms with E-state index in [0.717, 1.165) is 6.07 Å². The van der Waals surface area contributed by atoms with E-state index < -0.39 is 13.5 Å². The third kappa shape index (κ3) is 4.62. The molecule has 2 N–H and O–H groups in total. The Labute approximate surface area is 80.1 Å².